The van der Waals surface area contributed by atoms with Gasteiger partial charge in [-0.3, -0.25) is 0 Å². The third kappa shape index (κ3) is 2.72. The molecular weight excluding hydrogens is 164 g/mol. The zero-order chi connectivity index (χ0) is 9.68. The maximum atomic E-state index is 5.91. The summed E-state index contributed by atoms with van der Waals surface area (Å²) in [5, 5.41) is 3.04. The number of benzene rings is 1. The Morgan fingerprint density at radius 3 is 2.92 bits per heavy atom. The fourth-order valence-corrected chi connectivity index (χ4v) is 1.21. The number of methoxy groups -OCH3 is 1. The molecule has 3 nitrogen and oxygen atoms in total. The van der Waals surface area contributed by atoms with Gasteiger partial charge in [-0.2, -0.15) is 0 Å². The molecule has 0 spiro atoms. The van der Waals surface area contributed by atoms with E-state index in [0.717, 1.165) is 17.9 Å². The van der Waals surface area contributed by atoms with Crippen LogP contribution in [-0.2, 0) is 0 Å². The first-order valence-electron chi connectivity index (χ1n) is 4.32. The van der Waals surface area contributed by atoms with Crippen molar-refractivity contribution in [1.82, 2.24) is 5.32 Å². The lowest BCUT2D eigenvalue weighted by Crippen LogP contribution is -2.23. The van der Waals surface area contributed by atoms with Crippen molar-refractivity contribution in [1.29, 1.82) is 0 Å². The fourth-order valence-electron chi connectivity index (χ4n) is 1.21. The molecule has 0 aromatic heterocycles. The average molecular weight is 180 g/mol. The van der Waals surface area contributed by atoms with Crippen molar-refractivity contribution in [2.24, 2.45) is 5.73 Å². The Balaban J connectivity index is 2.75. The average Bonchev–Trinajstić information content (AvgIpc) is 2.18. The van der Waals surface area contributed by atoms with Gasteiger partial charge >= 0.3 is 0 Å². The summed E-state index contributed by atoms with van der Waals surface area (Å²) in [6, 6.07) is 7.85. The van der Waals surface area contributed by atoms with E-state index in [-0.39, 0.29) is 6.04 Å². The van der Waals surface area contributed by atoms with E-state index < -0.39 is 0 Å². The predicted octanol–water partition coefficient (Wildman–Crippen LogP) is 0.914. The highest BCUT2D eigenvalue weighted by atomic mass is 16.5. The normalized spacial score (nSPS) is 12.5. The first-order valence-corrected chi connectivity index (χ1v) is 4.32. The standard InChI is InChI=1S/C10H16N2O/c1-12-7-10(11)8-4-3-5-9(6-8)13-2/h3-6,10,12H,7,11H2,1-2H3. The highest BCUT2D eigenvalue weighted by Gasteiger charge is 2.04. The second-order valence-corrected chi connectivity index (χ2v) is 2.94. The molecule has 3 N–H and O–H groups in total. The molecule has 0 saturated heterocycles. The molecule has 1 aromatic carbocycles. The number of hydrogen-bond acceptors (Lipinski definition) is 3. The van der Waals surface area contributed by atoms with Crippen LogP contribution in [0.5, 0.6) is 5.75 Å². The van der Waals surface area contributed by atoms with Crippen LogP contribution in [-0.4, -0.2) is 20.7 Å². The van der Waals surface area contributed by atoms with E-state index in [9.17, 15) is 0 Å². The van der Waals surface area contributed by atoms with Crippen molar-refractivity contribution in [2.45, 2.75) is 6.04 Å². The fraction of sp³-hybridized carbons (Fsp3) is 0.400. The second kappa shape index (κ2) is 4.84. The van der Waals surface area contributed by atoms with Crippen molar-refractivity contribution in [3.05, 3.63) is 29.8 Å². The third-order valence-electron chi connectivity index (χ3n) is 1.95. The predicted molar refractivity (Wildman–Crippen MR) is 53.8 cm³/mol. The summed E-state index contributed by atoms with van der Waals surface area (Å²) in [4.78, 5) is 0. The van der Waals surface area contributed by atoms with Crippen LogP contribution in [0, 0.1) is 0 Å². The van der Waals surface area contributed by atoms with Gasteiger partial charge in [-0.15, -0.1) is 0 Å². The van der Waals surface area contributed by atoms with Crippen molar-refractivity contribution >= 4 is 0 Å². The van der Waals surface area contributed by atoms with E-state index in [2.05, 4.69) is 5.32 Å². The van der Waals surface area contributed by atoms with E-state index in [4.69, 9.17) is 10.5 Å². The number of rotatable bonds is 4. The van der Waals surface area contributed by atoms with E-state index >= 15 is 0 Å². The molecule has 1 atom stereocenters. The third-order valence-corrected chi connectivity index (χ3v) is 1.95. The minimum absolute atomic E-state index is 0.0279. The first kappa shape index (κ1) is 10.0. The minimum Gasteiger partial charge on any atom is -0.497 e. The Morgan fingerprint density at radius 2 is 2.31 bits per heavy atom. The van der Waals surface area contributed by atoms with Crippen LogP contribution in [0.25, 0.3) is 0 Å². The molecule has 72 valence electrons. The van der Waals surface area contributed by atoms with Gasteiger partial charge in [-0.25, -0.2) is 0 Å². The highest BCUT2D eigenvalue weighted by Crippen LogP contribution is 2.16. The van der Waals surface area contributed by atoms with Gasteiger partial charge in [0.05, 0.1) is 7.11 Å². The molecule has 0 aliphatic rings. The van der Waals surface area contributed by atoms with Gasteiger partial charge in [-0.1, -0.05) is 12.1 Å². The van der Waals surface area contributed by atoms with Gasteiger partial charge in [0.15, 0.2) is 0 Å². The number of likely N-dealkylation sites (N-methyl/N-ethyl adjacent to an activating group) is 1. The van der Waals surface area contributed by atoms with Crippen LogP contribution in [0.4, 0.5) is 0 Å². The topological polar surface area (TPSA) is 47.3 Å². The molecule has 0 fully saturated rings. The van der Waals surface area contributed by atoms with Crippen molar-refractivity contribution in [3.63, 3.8) is 0 Å². The number of nitrogens with two attached hydrogens (primary N) is 1. The van der Waals surface area contributed by atoms with Gasteiger partial charge in [0.25, 0.3) is 0 Å². The number of hydrogen-bond donors (Lipinski definition) is 2. The van der Waals surface area contributed by atoms with Crippen molar-refractivity contribution in [3.8, 4) is 5.75 Å². The van der Waals surface area contributed by atoms with E-state index in [0.29, 0.717) is 0 Å². The molecular formula is C10H16N2O. The second-order valence-electron chi connectivity index (χ2n) is 2.94. The van der Waals surface area contributed by atoms with E-state index in [1.165, 1.54) is 0 Å². The molecule has 0 bridgehead atoms. The summed E-state index contributed by atoms with van der Waals surface area (Å²) >= 11 is 0. The minimum atomic E-state index is 0.0279. The summed E-state index contributed by atoms with van der Waals surface area (Å²) in [5.74, 6) is 0.851. The number of ether oxygens (including phenoxy) is 1. The largest absolute Gasteiger partial charge is 0.497 e. The Hall–Kier alpha value is -1.06. The summed E-state index contributed by atoms with van der Waals surface area (Å²) in [6.07, 6.45) is 0. The Labute approximate surface area is 78.9 Å². The number of nitrogens with one attached hydrogen (secondary N) is 1. The lowest BCUT2D eigenvalue weighted by atomic mass is 10.1. The smallest absolute Gasteiger partial charge is 0.119 e. The SMILES string of the molecule is CNCC(N)c1cccc(OC)c1. The highest BCUT2D eigenvalue weighted by molar-refractivity contribution is 5.30. The quantitative estimate of drug-likeness (QED) is 0.724. The molecule has 0 aliphatic heterocycles. The van der Waals surface area contributed by atoms with Gasteiger partial charge in [0, 0.05) is 12.6 Å². The molecule has 0 saturated carbocycles. The molecule has 0 heterocycles. The van der Waals surface area contributed by atoms with Crippen LogP contribution in [0.3, 0.4) is 0 Å². The maximum Gasteiger partial charge on any atom is 0.119 e. The maximum absolute atomic E-state index is 5.91. The lowest BCUT2D eigenvalue weighted by Gasteiger charge is -2.11. The molecule has 0 aliphatic carbocycles. The lowest BCUT2D eigenvalue weighted by molar-refractivity contribution is 0.413. The summed E-state index contributed by atoms with van der Waals surface area (Å²) in [7, 11) is 3.54. The van der Waals surface area contributed by atoms with Crippen molar-refractivity contribution in [2.75, 3.05) is 20.7 Å². The molecule has 1 rings (SSSR count). The van der Waals surface area contributed by atoms with Gasteiger partial charge < -0.3 is 15.8 Å². The van der Waals surface area contributed by atoms with Crippen LogP contribution < -0.4 is 15.8 Å². The Morgan fingerprint density at radius 1 is 1.54 bits per heavy atom. The van der Waals surface area contributed by atoms with E-state index in [1.54, 1.807) is 7.11 Å². The molecule has 0 amide bonds. The van der Waals surface area contributed by atoms with Gasteiger partial charge in [0.2, 0.25) is 0 Å². The molecule has 1 aromatic rings. The van der Waals surface area contributed by atoms with Gasteiger partial charge in [0.1, 0.15) is 5.75 Å². The van der Waals surface area contributed by atoms with Crippen LogP contribution in [0.1, 0.15) is 11.6 Å². The Kier molecular flexibility index (Phi) is 3.73. The summed E-state index contributed by atoms with van der Waals surface area (Å²) in [6.45, 7) is 0.771. The zero-order valence-electron chi connectivity index (χ0n) is 8.08. The molecule has 3 heteroatoms. The van der Waals surface area contributed by atoms with Crippen LogP contribution >= 0.6 is 0 Å². The van der Waals surface area contributed by atoms with Gasteiger partial charge in [-0.05, 0) is 24.7 Å². The monoisotopic (exact) mass is 180 g/mol. The first-order chi connectivity index (χ1) is 6.27. The van der Waals surface area contributed by atoms with Crippen molar-refractivity contribution < 1.29 is 4.74 Å². The Bertz CT molecular complexity index is 263. The zero-order valence-corrected chi connectivity index (χ0v) is 8.08. The summed E-state index contributed by atoms with van der Waals surface area (Å²) in [5.41, 5.74) is 7.00. The van der Waals surface area contributed by atoms with E-state index in [1.807, 2.05) is 31.3 Å². The van der Waals surface area contributed by atoms with Crippen LogP contribution in [0.2, 0.25) is 0 Å². The van der Waals surface area contributed by atoms with Crippen LogP contribution in [0.15, 0.2) is 24.3 Å². The molecule has 0 radical (unpaired) electrons. The summed E-state index contributed by atoms with van der Waals surface area (Å²) < 4.78 is 5.11. The molecule has 1 unspecified atom stereocenters. The molecule has 13 heavy (non-hydrogen) atoms.